The molecule has 190 valence electrons. The molecular formula is C31H54O2. The topological polar surface area (TPSA) is 26.3 Å². The number of hydrogen-bond acceptors (Lipinski definition) is 2. The van der Waals surface area contributed by atoms with Gasteiger partial charge in [0, 0.05) is 6.42 Å². The number of rotatable bonds is 7. The van der Waals surface area contributed by atoms with Crippen LogP contribution in [0.4, 0.5) is 0 Å². The van der Waals surface area contributed by atoms with Crippen LogP contribution in [0.25, 0.3) is 0 Å². The van der Waals surface area contributed by atoms with Gasteiger partial charge in [-0.2, -0.15) is 0 Å². The Labute approximate surface area is 205 Å². The first-order valence-corrected chi connectivity index (χ1v) is 14.8. The molecule has 4 saturated carbocycles. The summed E-state index contributed by atoms with van der Waals surface area (Å²) in [6.07, 6.45) is 15.7. The average molecular weight is 459 g/mol. The van der Waals surface area contributed by atoms with Gasteiger partial charge in [-0.1, -0.05) is 61.3 Å². The molecule has 0 spiro atoms. The van der Waals surface area contributed by atoms with E-state index < -0.39 is 0 Å². The van der Waals surface area contributed by atoms with Crippen molar-refractivity contribution in [2.75, 3.05) is 0 Å². The summed E-state index contributed by atoms with van der Waals surface area (Å²) in [5, 5.41) is 0. The molecule has 0 N–H and O–H groups in total. The molecule has 0 aromatic rings. The molecular weight excluding hydrogens is 404 g/mol. The average Bonchev–Trinajstić information content (AvgIpc) is 3.14. The van der Waals surface area contributed by atoms with E-state index >= 15 is 0 Å². The second-order valence-electron chi connectivity index (χ2n) is 13.9. The second-order valence-corrected chi connectivity index (χ2v) is 13.9. The van der Waals surface area contributed by atoms with Crippen LogP contribution in [0.2, 0.25) is 0 Å². The largest absolute Gasteiger partial charge is 0.462 e. The fourth-order valence-electron chi connectivity index (χ4n) is 9.63. The first kappa shape index (κ1) is 25.6. The molecule has 0 saturated heterocycles. The Morgan fingerprint density at radius 1 is 0.879 bits per heavy atom. The third kappa shape index (κ3) is 4.67. The van der Waals surface area contributed by atoms with E-state index in [0.717, 1.165) is 60.2 Å². The highest BCUT2D eigenvalue weighted by atomic mass is 16.5. The first-order chi connectivity index (χ1) is 15.6. The van der Waals surface area contributed by atoms with E-state index in [1.807, 2.05) is 6.92 Å². The normalized spacial score (nSPS) is 44.5. The number of carbonyl (C=O) groups excluding carboxylic acids is 1. The van der Waals surface area contributed by atoms with E-state index in [4.69, 9.17) is 4.74 Å². The molecule has 4 aliphatic rings. The van der Waals surface area contributed by atoms with Crippen LogP contribution in [-0.4, -0.2) is 12.1 Å². The summed E-state index contributed by atoms with van der Waals surface area (Å²) < 4.78 is 5.81. The third-order valence-electron chi connectivity index (χ3n) is 12.2. The van der Waals surface area contributed by atoms with Gasteiger partial charge < -0.3 is 4.74 Å². The summed E-state index contributed by atoms with van der Waals surface area (Å²) in [6.45, 7) is 17.1. The van der Waals surface area contributed by atoms with Gasteiger partial charge >= 0.3 is 5.97 Å². The van der Waals surface area contributed by atoms with Gasteiger partial charge in [0.25, 0.3) is 0 Å². The fourth-order valence-corrected chi connectivity index (χ4v) is 9.63. The molecule has 0 amide bonds. The molecule has 2 heteroatoms. The Balaban J connectivity index is 1.42. The van der Waals surface area contributed by atoms with Gasteiger partial charge in [0.05, 0.1) is 0 Å². The van der Waals surface area contributed by atoms with Crippen molar-refractivity contribution >= 4 is 5.97 Å². The first-order valence-electron chi connectivity index (χ1n) is 14.8. The Bertz CT molecular complexity index is 684. The van der Waals surface area contributed by atoms with Crippen LogP contribution in [0.3, 0.4) is 0 Å². The molecule has 0 bridgehead atoms. The van der Waals surface area contributed by atoms with E-state index in [-0.39, 0.29) is 12.1 Å². The number of carbonyl (C=O) groups is 1. The van der Waals surface area contributed by atoms with Crippen LogP contribution in [0.15, 0.2) is 0 Å². The Morgan fingerprint density at radius 2 is 1.58 bits per heavy atom. The predicted molar refractivity (Wildman–Crippen MR) is 138 cm³/mol. The van der Waals surface area contributed by atoms with Crippen molar-refractivity contribution in [2.24, 2.45) is 58.2 Å². The summed E-state index contributed by atoms with van der Waals surface area (Å²) >= 11 is 0. The minimum Gasteiger partial charge on any atom is -0.462 e. The number of fused-ring (bicyclic) bond motifs is 5. The molecule has 2 nitrogen and oxygen atoms in total. The standard InChI is InChI=1S/C31H54O2/c1-8-29(32)33-24-15-17-30(6)23(19-24)11-12-25-27-14-13-26(31(27,7)18-16-28(25)30)22(5)10-9-21(4)20(2)3/h20-28H,8-19H2,1-7H3/t21-,22+,23-,24-,25-,26+,27-,28-,30-,31+/m0/s1. The molecule has 0 radical (unpaired) electrons. The smallest absolute Gasteiger partial charge is 0.305 e. The summed E-state index contributed by atoms with van der Waals surface area (Å²) in [6, 6.07) is 0. The lowest BCUT2D eigenvalue weighted by molar-refractivity contribution is -0.162. The monoisotopic (exact) mass is 458 g/mol. The van der Waals surface area contributed by atoms with E-state index in [0.29, 0.717) is 17.3 Å². The van der Waals surface area contributed by atoms with Crippen LogP contribution in [-0.2, 0) is 9.53 Å². The summed E-state index contributed by atoms with van der Waals surface area (Å²) in [5.41, 5.74) is 1.06. The van der Waals surface area contributed by atoms with Crippen molar-refractivity contribution in [3.63, 3.8) is 0 Å². The second kappa shape index (κ2) is 9.85. The van der Waals surface area contributed by atoms with E-state index in [2.05, 4.69) is 41.5 Å². The lowest BCUT2D eigenvalue weighted by Gasteiger charge is -2.61. The molecule has 4 fully saturated rings. The van der Waals surface area contributed by atoms with Gasteiger partial charge in [-0.05, 0) is 116 Å². The maximum atomic E-state index is 11.9. The maximum absolute atomic E-state index is 11.9. The van der Waals surface area contributed by atoms with Crippen LogP contribution < -0.4 is 0 Å². The summed E-state index contributed by atoms with van der Waals surface area (Å²) in [4.78, 5) is 11.9. The van der Waals surface area contributed by atoms with Gasteiger partial charge in [-0.25, -0.2) is 0 Å². The number of esters is 1. The highest BCUT2D eigenvalue weighted by molar-refractivity contribution is 5.69. The van der Waals surface area contributed by atoms with Crippen LogP contribution in [0.5, 0.6) is 0 Å². The Kier molecular flexibility index (Phi) is 7.63. The summed E-state index contributed by atoms with van der Waals surface area (Å²) in [7, 11) is 0. The van der Waals surface area contributed by atoms with Gasteiger partial charge in [-0.15, -0.1) is 0 Å². The number of hydrogen-bond donors (Lipinski definition) is 0. The molecule has 0 aromatic carbocycles. The van der Waals surface area contributed by atoms with Crippen molar-refractivity contribution in [1.82, 2.24) is 0 Å². The van der Waals surface area contributed by atoms with Crippen molar-refractivity contribution in [3.05, 3.63) is 0 Å². The zero-order valence-corrected chi connectivity index (χ0v) is 23.0. The Morgan fingerprint density at radius 3 is 2.27 bits per heavy atom. The van der Waals surface area contributed by atoms with Crippen LogP contribution in [0.1, 0.15) is 126 Å². The minimum atomic E-state index is -0.000345. The zero-order valence-electron chi connectivity index (χ0n) is 23.0. The van der Waals surface area contributed by atoms with Gasteiger partial charge in [0.1, 0.15) is 6.10 Å². The molecule has 0 aromatic heterocycles. The van der Waals surface area contributed by atoms with Gasteiger partial charge in [0.2, 0.25) is 0 Å². The van der Waals surface area contributed by atoms with Crippen molar-refractivity contribution in [2.45, 2.75) is 132 Å². The lowest BCUT2D eigenvalue weighted by atomic mass is 9.44. The van der Waals surface area contributed by atoms with Gasteiger partial charge in [0.15, 0.2) is 0 Å². The fraction of sp³-hybridized carbons (Fsp3) is 0.968. The van der Waals surface area contributed by atoms with E-state index in [9.17, 15) is 4.79 Å². The van der Waals surface area contributed by atoms with Crippen LogP contribution >= 0.6 is 0 Å². The highest BCUT2D eigenvalue weighted by Crippen LogP contribution is 2.68. The SMILES string of the molecule is CCC(=O)O[C@H]1CC[C@@]2(C)[C@@H](CC[C@@H]3[C@@H]2CC[C@]2(C)[C@@H]([C@H](C)CC[C@H](C)C(C)C)CC[C@@H]32)C1. The third-order valence-corrected chi connectivity index (χ3v) is 12.2. The number of ether oxygens (including phenoxy) is 1. The maximum Gasteiger partial charge on any atom is 0.305 e. The zero-order chi connectivity index (χ0) is 24.0. The highest BCUT2D eigenvalue weighted by Gasteiger charge is 2.60. The molecule has 4 rings (SSSR count). The van der Waals surface area contributed by atoms with Gasteiger partial charge in [-0.3, -0.25) is 4.79 Å². The lowest BCUT2D eigenvalue weighted by Crippen LogP contribution is -2.54. The quantitative estimate of drug-likeness (QED) is 0.357. The van der Waals surface area contributed by atoms with Crippen molar-refractivity contribution in [1.29, 1.82) is 0 Å². The predicted octanol–water partition coefficient (Wildman–Crippen LogP) is 8.68. The Hall–Kier alpha value is -0.530. The van der Waals surface area contributed by atoms with Crippen molar-refractivity contribution < 1.29 is 9.53 Å². The molecule has 4 aliphatic carbocycles. The molecule has 0 unspecified atom stereocenters. The minimum absolute atomic E-state index is 0.000345. The van der Waals surface area contributed by atoms with Crippen LogP contribution in [0, 0.1) is 58.2 Å². The molecule has 0 heterocycles. The molecule has 10 atom stereocenters. The molecule has 33 heavy (non-hydrogen) atoms. The van der Waals surface area contributed by atoms with Crippen molar-refractivity contribution in [3.8, 4) is 0 Å². The van der Waals surface area contributed by atoms with E-state index in [1.165, 1.54) is 57.8 Å². The summed E-state index contributed by atoms with van der Waals surface area (Å²) in [5.74, 6) is 7.08. The van der Waals surface area contributed by atoms with E-state index in [1.54, 1.807) is 0 Å². The molecule has 0 aliphatic heterocycles.